The van der Waals surface area contributed by atoms with Crippen molar-refractivity contribution in [1.82, 2.24) is 9.21 Å². The number of nitrogens with zero attached hydrogens (tertiary/aromatic N) is 3. The highest BCUT2D eigenvalue weighted by atomic mass is 32.2. The number of benzene rings is 2. The van der Waals surface area contributed by atoms with E-state index in [1.54, 1.807) is 11.2 Å². The van der Waals surface area contributed by atoms with Gasteiger partial charge < -0.3 is 9.80 Å². The van der Waals surface area contributed by atoms with Gasteiger partial charge in [-0.3, -0.25) is 4.79 Å². The van der Waals surface area contributed by atoms with Gasteiger partial charge in [0.2, 0.25) is 15.9 Å². The molecule has 4 rings (SSSR count). The molecule has 2 heterocycles. The first-order valence-corrected chi connectivity index (χ1v) is 13.9. The van der Waals surface area contributed by atoms with E-state index < -0.39 is 10.0 Å². The number of piperidine rings is 1. The second-order valence-electron chi connectivity index (χ2n) is 10.5. The maximum atomic E-state index is 13.2. The summed E-state index contributed by atoms with van der Waals surface area (Å²) in [5.74, 6) is 0.451. The zero-order valence-corrected chi connectivity index (χ0v) is 21.4. The first-order valence-electron chi connectivity index (χ1n) is 12.3. The van der Waals surface area contributed by atoms with Gasteiger partial charge in [-0.25, -0.2) is 8.42 Å². The van der Waals surface area contributed by atoms with Crippen LogP contribution in [0.4, 0.5) is 5.69 Å². The zero-order valence-electron chi connectivity index (χ0n) is 20.6. The zero-order chi connectivity index (χ0) is 24.3. The molecule has 1 spiro atoms. The van der Waals surface area contributed by atoms with E-state index >= 15 is 0 Å². The maximum Gasteiger partial charge on any atom is 0.219 e. The van der Waals surface area contributed by atoms with E-state index in [2.05, 4.69) is 43.0 Å². The maximum absolute atomic E-state index is 13.2. The third-order valence-corrected chi connectivity index (χ3v) is 8.90. The second-order valence-corrected chi connectivity index (χ2v) is 12.4. The van der Waals surface area contributed by atoms with Crippen LogP contribution >= 0.6 is 0 Å². The number of likely N-dealkylation sites (tertiary alicyclic amines) is 1. The number of rotatable bonds is 8. The van der Waals surface area contributed by atoms with Crippen molar-refractivity contribution in [1.29, 1.82) is 0 Å². The predicted octanol–water partition coefficient (Wildman–Crippen LogP) is 4.12. The van der Waals surface area contributed by atoms with Crippen molar-refractivity contribution < 1.29 is 13.2 Å². The molecule has 0 aliphatic carbocycles. The van der Waals surface area contributed by atoms with Crippen molar-refractivity contribution in [3.63, 3.8) is 0 Å². The largest absolute Gasteiger partial charge is 0.371 e. The third kappa shape index (κ3) is 5.81. The predicted molar refractivity (Wildman–Crippen MR) is 137 cm³/mol. The quantitative estimate of drug-likeness (QED) is 0.567. The average molecular weight is 484 g/mol. The molecule has 0 bridgehead atoms. The molecule has 0 unspecified atom stereocenters. The number of carbonyl (C=O) groups excluding carboxylic acids is 1. The molecule has 0 radical (unpaired) electrons. The number of hydrogen-bond acceptors (Lipinski definition) is 4. The summed E-state index contributed by atoms with van der Waals surface area (Å²) in [5, 5.41) is 0. The van der Waals surface area contributed by atoms with E-state index in [9.17, 15) is 13.2 Å². The summed E-state index contributed by atoms with van der Waals surface area (Å²) in [6.45, 7) is 10.4. The standard InChI is InChI=1S/C27H37N3O3S/c1-22(2)17-30(34(32,33)19-25-7-5-4-6-8-25)18-24-9-11-26(12-10-24)28-15-13-27(14-16-28)20-29(21-27)23(3)31/h4-12,22H,13-21H2,1-3H3. The fourth-order valence-electron chi connectivity index (χ4n) is 5.12. The topological polar surface area (TPSA) is 60.9 Å². The van der Waals surface area contributed by atoms with E-state index in [1.165, 1.54) is 5.69 Å². The molecule has 6 nitrogen and oxygen atoms in total. The van der Waals surface area contributed by atoms with Crippen molar-refractivity contribution in [3.05, 3.63) is 65.7 Å². The smallest absolute Gasteiger partial charge is 0.219 e. The Morgan fingerprint density at radius 3 is 2.15 bits per heavy atom. The highest BCUT2D eigenvalue weighted by Crippen LogP contribution is 2.41. The Hall–Kier alpha value is -2.38. The van der Waals surface area contributed by atoms with Crippen molar-refractivity contribution in [2.75, 3.05) is 37.6 Å². The molecule has 2 aliphatic heterocycles. The van der Waals surface area contributed by atoms with Crippen LogP contribution in [0, 0.1) is 11.3 Å². The van der Waals surface area contributed by atoms with Gasteiger partial charge in [-0.1, -0.05) is 56.3 Å². The van der Waals surface area contributed by atoms with Gasteiger partial charge in [0.05, 0.1) is 5.75 Å². The lowest BCUT2D eigenvalue weighted by Gasteiger charge is -2.54. The van der Waals surface area contributed by atoms with Gasteiger partial charge in [-0.15, -0.1) is 0 Å². The van der Waals surface area contributed by atoms with Crippen LogP contribution in [0.3, 0.4) is 0 Å². The second kappa shape index (κ2) is 10.1. The van der Waals surface area contributed by atoms with Crippen LogP contribution in [-0.2, 0) is 27.1 Å². The van der Waals surface area contributed by atoms with Gasteiger partial charge in [0.15, 0.2) is 0 Å². The SMILES string of the molecule is CC(=O)N1CC2(CCN(c3ccc(CN(CC(C)C)S(=O)(=O)Cc4ccccc4)cc3)CC2)C1. The Balaban J connectivity index is 1.38. The molecular formula is C27H37N3O3S. The fraction of sp³-hybridized carbons (Fsp3) is 0.519. The minimum absolute atomic E-state index is 0.0230. The molecule has 0 aromatic heterocycles. The number of sulfonamides is 1. The molecule has 0 N–H and O–H groups in total. The highest BCUT2D eigenvalue weighted by Gasteiger charge is 2.45. The third-order valence-electron chi connectivity index (χ3n) is 7.14. The van der Waals surface area contributed by atoms with E-state index in [1.807, 2.05) is 35.2 Å². The van der Waals surface area contributed by atoms with Gasteiger partial charge in [0.1, 0.15) is 0 Å². The van der Waals surface area contributed by atoms with E-state index in [-0.39, 0.29) is 17.6 Å². The molecule has 7 heteroatoms. The Labute approximate surface area is 204 Å². The molecule has 0 saturated carbocycles. The molecular weight excluding hydrogens is 446 g/mol. The molecule has 2 aromatic rings. The summed E-state index contributed by atoms with van der Waals surface area (Å²) in [6.07, 6.45) is 2.22. The summed E-state index contributed by atoms with van der Waals surface area (Å²) in [7, 11) is -3.42. The number of amides is 1. The van der Waals surface area contributed by atoms with Crippen LogP contribution < -0.4 is 4.90 Å². The van der Waals surface area contributed by atoms with Crippen molar-refractivity contribution in [2.24, 2.45) is 11.3 Å². The minimum Gasteiger partial charge on any atom is -0.371 e. The highest BCUT2D eigenvalue weighted by molar-refractivity contribution is 7.88. The summed E-state index contributed by atoms with van der Waals surface area (Å²) in [5.41, 5.74) is 3.31. The van der Waals surface area contributed by atoms with Crippen molar-refractivity contribution in [3.8, 4) is 0 Å². The summed E-state index contributed by atoms with van der Waals surface area (Å²) in [6, 6.07) is 17.7. The number of carbonyl (C=O) groups is 1. The first kappa shape index (κ1) is 24.7. The van der Waals surface area contributed by atoms with E-state index in [4.69, 9.17) is 0 Å². The van der Waals surface area contributed by atoms with Crippen LogP contribution in [0.15, 0.2) is 54.6 Å². The molecule has 0 atom stereocenters. The first-order chi connectivity index (χ1) is 16.2. The average Bonchev–Trinajstić information content (AvgIpc) is 2.77. The van der Waals surface area contributed by atoms with Gasteiger partial charge in [0, 0.05) is 57.3 Å². The van der Waals surface area contributed by atoms with Gasteiger partial charge >= 0.3 is 0 Å². The van der Waals surface area contributed by atoms with Crippen molar-refractivity contribution >= 4 is 21.6 Å². The van der Waals surface area contributed by atoms with Crippen LogP contribution in [0.25, 0.3) is 0 Å². The summed E-state index contributed by atoms with van der Waals surface area (Å²) >= 11 is 0. The molecule has 2 aliphatic rings. The fourth-order valence-corrected chi connectivity index (χ4v) is 6.78. The summed E-state index contributed by atoms with van der Waals surface area (Å²) in [4.78, 5) is 15.9. The van der Waals surface area contributed by atoms with Crippen LogP contribution in [0.1, 0.15) is 44.7 Å². The monoisotopic (exact) mass is 483 g/mol. The molecule has 2 aromatic carbocycles. The molecule has 34 heavy (non-hydrogen) atoms. The Morgan fingerprint density at radius 1 is 0.971 bits per heavy atom. The molecule has 2 fully saturated rings. The lowest BCUT2D eigenvalue weighted by atomic mass is 9.72. The Kier molecular flexibility index (Phi) is 7.33. The normalized spacial score (nSPS) is 17.9. The molecule has 2 saturated heterocycles. The molecule has 184 valence electrons. The lowest BCUT2D eigenvalue weighted by molar-refractivity contribution is -0.142. The van der Waals surface area contributed by atoms with Crippen LogP contribution in [0.5, 0.6) is 0 Å². The van der Waals surface area contributed by atoms with Gasteiger partial charge in [-0.2, -0.15) is 4.31 Å². The van der Waals surface area contributed by atoms with Crippen LogP contribution in [0.2, 0.25) is 0 Å². The van der Waals surface area contributed by atoms with E-state index in [0.29, 0.717) is 18.5 Å². The Bertz CT molecular complexity index is 1070. The summed E-state index contributed by atoms with van der Waals surface area (Å²) < 4.78 is 28.0. The number of hydrogen-bond donors (Lipinski definition) is 0. The van der Waals surface area contributed by atoms with E-state index in [0.717, 1.165) is 50.1 Å². The number of anilines is 1. The van der Waals surface area contributed by atoms with Gasteiger partial charge in [-0.05, 0) is 42.0 Å². The van der Waals surface area contributed by atoms with Gasteiger partial charge in [0.25, 0.3) is 0 Å². The molecule has 1 amide bonds. The van der Waals surface area contributed by atoms with Crippen molar-refractivity contribution in [2.45, 2.75) is 45.9 Å². The van der Waals surface area contributed by atoms with Crippen LogP contribution in [-0.4, -0.2) is 56.3 Å². The Morgan fingerprint density at radius 2 is 1.59 bits per heavy atom. The minimum atomic E-state index is -3.42. The lowest BCUT2D eigenvalue weighted by Crippen LogP contribution is -2.61.